The minimum absolute atomic E-state index is 0.0285. The molecule has 0 aliphatic rings. The van der Waals surface area contributed by atoms with Crippen LogP contribution >= 0.6 is 11.6 Å². The van der Waals surface area contributed by atoms with Gasteiger partial charge in [0.2, 0.25) is 0 Å². The molecule has 0 unspecified atom stereocenters. The maximum atomic E-state index is 11.7. The van der Waals surface area contributed by atoms with Crippen molar-refractivity contribution in [2.24, 2.45) is 0 Å². The van der Waals surface area contributed by atoms with E-state index in [-0.39, 0.29) is 17.5 Å². The standard InChI is InChI=1S/C13H21ClN2O2S/c1-4-16(11(3)10-19(17,18)5-2)9-12-6-7-15-8-13(12)14/h6-8,11H,4-5,9-10H2,1-3H3/t11-/m0/s1. The fourth-order valence-electron chi connectivity index (χ4n) is 1.92. The lowest BCUT2D eigenvalue weighted by atomic mass is 10.2. The molecule has 0 radical (unpaired) electrons. The first kappa shape index (κ1) is 16.4. The van der Waals surface area contributed by atoms with Crippen molar-refractivity contribution in [2.75, 3.05) is 18.1 Å². The molecule has 1 aromatic heterocycles. The van der Waals surface area contributed by atoms with Crippen molar-refractivity contribution in [1.29, 1.82) is 0 Å². The van der Waals surface area contributed by atoms with Gasteiger partial charge in [-0.05, 0) is 25.1 Å². The Morgan fingerprint density at radius 1 is 1.42 bits per heavy atom. The van der Waals surface area contributed by atoms with Crippen LogP contribution in [0.5, 0.6) is 0 Å². The SMILES string of the molecule is CCN(Cc1ccncc1Cl)[C@@H](C)CS(=O)(=O)CC. The number of aromatic nitrogens is 1. The number of nitrogens with zero attached hydrogens (tertiary/aromatic N) is 2. The lowest BCUT2D eigenvalue weighted by Crippen LogP contribution is -2.38. The van der Waals surface area contributed by atoms with Crippen molar-refractivity contribution in [3.05, 3.63) is 29.0 Å². The average molecular weight is 305 g/mol. The molecule has 19 heavy (non-hydrogen) atoms. The van der Waals surface area contributed by atoms with E-state index in [0.717, 1.165) is 12.1 Å². The number of halogens is 1. The number of sulfone groups is 1. The third-order valence-electron chi connectivity index (χ3n) is 3.19. The van der Waals surface area contributed by atoms with Crippen LogP contribution in [0, 0.1) is 0 Å². The Bertz CT molecular complexity index is 505. The number of rotatable bonds is 7. The largest absolute Gasteiger partial charge is 0.296 e. The van der Waals surface area contributed by atoms with Gasteiger partial charge in [-0.25, -0.2) is 8.42 Å². The van der Waals surface area contributed by atoms with E-state index in [0.29, 0.717) is 11.6 Å². The van der Waals surface area contributed by atoms with Crippen molar-refractivity contribution in [2.45, 2.75) is 33.4 Å². The van der Waals surface area contributed by atoms with Gasteiger partial charge in [-0.15, -0.1) is 0 Å². The predicted octanol–water partition coefficient (Wildman–Crippen LogP) is 2.38. The molecule has 1 heterocycles. The third-order valence-corrected chi connectivity index (χ3v) is 5.40. The zero-order valence-electron chi connectivity index (χ0n) is 11.6. The second-order valence-electron chi connectivity index (χ2n) is 4.58. The van der Waals surface area contributed by atoms with Gasteiger partial charge in [-0.1, -0.05) is 25.4 Å². The molecule has 0 bridgehead atoms. The molecule has 6 heteroatoms. The molecule has 0 aliphatic heterocycles. The molecule has 108 valence electrons. The highest BCUT2D eigenvalue weighted by molar-refractivity contribution is 7.91. The van der Waals surface area contributed by atoms with E-state index in [1.165, 1.54) is 0 Å². The van der Waals surface area contributed by atoms with E-state index in [2.05, 4.69) is 9.88 Å². The lowest BCUT2D eigenvalue weighted by Gasteiger charge is -2.27. The lowest BCUT2D eigenvalue weighted by molar-refractivity contribution is 0.226. The topological polar surface area (TPSA) is 50.3 Å². The summed E-state index contributed by atoms with van der Waals surface area (Å²) in [7, 11) is -2.96. The Morgan fingerprint density at radius 2 is 2.11 bits per heavy atom. The van der Waals surface area contributed by atoms with Crippen LogP contribution in [-0.2, 0) is 16.4 Å². The second-order valence-corrected chi connectivity index (χ2v) is 7.38. The zero-order chi connectivity index (χ0) is 14.5. The molecule has 0 fully saturated rings. The van der Waals surface area contributed by atoms with Crippen molar-refractivity contribution in [3.8, 4) is 0 Å². The monoisotopic (exact) mass is 304 g/mol. The fourth-order valence-corrected chi connectivity index (χ4v) is 3.28. The Morgan fingerprint density at radius 3 is 2.63 bits per heavy atom. The van der Waals surface area contributed by atoms with E-state index < -0.39 is 9.84 Å². The van der Waals surface area contributed by atoms with E-state index in [1.807, 2.05) is 19.9 Å². The van der Waals surface area contributed by atoms with Crippen LogP contribution in [0.15, 0.2) is 18.5 Å². The van der Waals surface area contributed by atoms with Crippen molar-refractivity contribution in [1.82, 2.24) is 9.88 Å². The molecule has 0 aliphatic carbocycles. The zero-order valence-corrected chi connectivity index (χ0v) is 13.2. The van der Waals surface area contributed by atoms with Crippen molar-refractivity contribution >= 4 is 21.4 Å². The van der Waals surface area contributed by atoms with E-state index in [9.17, 15) is 8.42 Å². The quantitative estimate of drug-likeness (QED) is 0.776. The van der Waals surface area contributed by atoms with Gasteiger partial charge in [0, 0.05) is 30.7 Å². The summed E-state index contributed by atoms with van der Waals surface area (Å²) in [5.74, 6) is 0.366. The summed E-state index contributed by atoms with van der Waals surface area (Å²) in [6.45, 7) is 7.05. The molecular formula is C13H21ClN2O2S. The smallest absolute Gasteiger partial charge is 0.151 e. The molecule has 1 aromatic rings. The number of hydrogen-bond donors (Lipinski definition) is 0. The van der Waals surface area contributed by atoms with Gasteiger partial charge in [0.05, 0.1) is 10.8 Å². The van der Waals surface area contributed by atoms with Gasteiger partial charge in [0.15, 0.2) is 9.84 Å². The van der Waals surface area contributed by atoms with Crippen LogP contribution in [0.1, 0.15) is 26.3 Å². The first-order valence-electron chi connectivity index (χ1n) is 6.42. The van der Waals surface area contributed by atoms with Crippen LogP contribution in [0.25, 0.3) is 0 Å². The first-order chi connectivity index (χ1) is 8.89. The Labute approximate surface area is 120 Å². The van der Waals surface area contributed by atoms with Gasteiger partial charge in [0.1, 0.15) is 0 Å². The fraction of sp³-hybridized carbons (Fsp3) is 0.615. The van der Waals surface area contributed by atoms with Crippen LogP contribution in [0.2, 0.25) is 5.02 Å². The molecule has 0 N–H and O–H groups in total. The summed E-state index contributed by atoms with van der Waals surface area (Å²) >= 11 is 6.08. The van der Waals surface area contributed by atoms with E-state index in [4.69, 9.17) is 11.6 Å². The second kappa shape index (κ2) is 7.22. The average Bonchev–Trinajstić information content (AvgIpc) is 2.37. The van der Waals surface area contributed by atoms with Crippen LogP contribution in [0.4, 0.5) is 0 Å². The van der Waals surface area contributed by atoms with E-state index in [1.54, 1.807) is 19.3 Å². The highest BCUT2D eigenvalue weighted by atomic mass is 35.5. The molecule has 0 aromatic carbocycles. The molecule has 1 atom stereocenters. The number of pyridine rings is 1. The minimum atomic E-state index is -2.96. The van der Waals surface area contributed by atoms with Crippen molar-refractivity contribution in [3.63, 3.8) is 0 Å². The summed E-state index contributed by atoms with van der Waals surface area (Å²) in [6, 6.07) is 1.84. The van der Waals surface area contributed by atoms with Gasteiger partial charge in [-0.2, -0.15) is 0 Å². The third kappa shape index (κ3) is 5.09. The minimum Gasteiger partial charge on any atom is -0.296 e. The summed E-state index contributed by atoms with van der Waals surface area (Å²) < 4.78 is 23.4. The molecular weight excluding hydrogens is 284 g/mol. The summed E-state index contributed by atoms with van der Waals surface area (Å²) in [5.41, 5.74) is 0.972. The van der Waals surface area contributed by atoms with E-state index >= 15 is 0 Å². The Hall–Kier alpha value is -0.650. The summed E-state index contributed by atoms with van der Waals surface area (Å²) in [5, 5.41) is 0.617. The van der Waals surface area contributed by atoms with Gasteiger partial charge < -0.3 is 0 Å². The maximum absolute atomic E-state index is 11.7. The maximum Gasteiger partial charge on any atom is 0.151 e. The number of hydrogen-bond acceptors (Lipinski definition) is 4. The van der Waals surface area contributed by atoms with Gasteiger partial charge in [0.25, 0.3) is 0 Å². The highest BCUT2D eigenvalue weighted by Gasteiger charge is 2.19. The molecule has 1 rings (SSSR count). The molecule has 4 nitrogen and oxygen atoms in total. The molecule has 0 spiro atoms. The summed E-state index contributed by atoms with van der Waals surface area (Å²) in [4.78, 5) is 6.05. The molecule has 0 saturated carbocycles. The summed E-state index contributed by atoms with van der Waals surface area (Å²) in [6.07, 6.45) is 3.31. The normalized spacial score (nSPS) is 13.7. The predicted molar refractivity (Wildman–Crippen MR) is 79.1 cm³/mol. The highest BCUT2D eigenvalue weighted by Crippen LogP contribution is 2.17. The first-order valence-corrected chi connectivity index (χ1v) is 8.62. The van der Waals surface area contributed by atoms with Gasteiger partial charge in [-0.3, -0.25) is 9.88 Å². The Kier molecular flexibility index (Phi) is 6.23. The van der Waals surface area contributed by atoms with Crippen LogP contribution in [0.3, 0.4) is 0 Å². The van der Waals surface area contributed by atoms with Crippen LogP contribution < -0.4 is 0 Å². The molecule has 0 saturated heterocycles. The van der Waals surface area contributed by atoms with Gasteiger partial charge >= 0.3 is 0 Å². The van der Waals surface area contributed by atoms with Crippen molar-refractivity contribution < 1.29 is 8.42 Å². The Balaban J connectivity index is 2.76. The van der Waals surface area contributed by atoms with Crippen LogP contribution in [-0.4, -0.2) is 42.4 Å². The molecule has 0 amide bonds.